The average molecular weight is 245 g/mol. The molecule has 0 fully saturated rings. The van der Waals surface area contributed by atoms with Crippen LogP contribution in [-0.4, -0.2) is 17.4 Å². The van der Waals surface area contributed by atoms with Gasteiger partial charge in [-0.05, 0) is 19.4 Å². The maximum atomic E-state index is 12.0. The number of amides is 2. The highest BCUT2D eigenvalue weighted by Gasteiger charge is 2.30. The van der Waals surface area contributed by atoms with Crippen LogP contribution >= 0.6 is 0 Å². The van der Waals surface area contributed by atoms with Crippen LogP contribution in [0.15, 0.2) is 30.3 Å². The number of carbonyl (C=O) groups excluding carboxylic acids is 2. The fourth-order valence-electron chi connectivity index (χ4n) is 1.37. The molecule has 2 amide bonds. The minimum Gasteiger partial charge on any atom is -0.368 e. The largest absolute Gasteiger partial charge is 0.368 e. The molecule has 1 rings (SSSR count). The molecule has 0 saturated carbocycles. The average Bonchev–Trinajstić information content (AvgIpc) is 2.30. The molecule has 0 radical (unpaired) electrons. The number of benzene rings is 1. The van der Waals surface area contributed by atoms with E-state index < -0.39 is 23.3 Å². The van der Waals surface area contributed by atoms with Crippen molar-refractivity contribution in [2.24, 2.45) is 5.73 Å². The summed E-state index contributed by atoms with van der Waals surface area (Å²) in [5.74, 6) is -2.14. The van der Waals surface area contributed by atoms with Crippen molar-refractivity contribution in [2.75, 3.05) is 0 Å². The van der Waals surface area contributed by atoms with Crippen molar-refractivity contribution in [1.29, 1.82) is 5.26 Å². The zero-order valence-electron chi connectivity index (χ0n) is 10.3. The summed E-state index contributed by atoms with van der Waals surface area (Å²) in [5.41, 5.74) is 4.56. The zero-order valence-corrected chi connectivity index (χ0v) is 10.3. The molecule has 0 aliphatic carbocycles. The molecule has 18 heavy (non-hydrogen) atoms. The molecule has 1 unspecified atom stereocenters. The Bertz CT molecular complexity index is 489. The first-order valence-electron chi connectivity index (χ1n) is 5.45. The summed E-state index contributed by atoms with van der Waals surface area (Å²) in [5, 5.41) is 11.5. The Morgan fingerprint density at radius 1 is 1.33 bits per heavy atom. The molecule has 0 saturated heterocycles. The summed E-state index contributed by atoms with van der Waals surface area (Å²) < 4.78 is 0. The van der Waals surface area contributed by atoms with Gasteiger partial charge >= 0.3 is 0 Å². The van der Waals surface area contributed by atoms with Crippen molar-refractivity contribution < 1.29 is 9.59 Å². The van der Waals surface area contributed by atoms with E-state index in [1.165, 1.54) is 13.8 Å². The van der Waals surface area contributed by atoms with E-state index in [1.54, 1.807) is 30.3 Å². The van der Waals surface area contributed by atoms with Crippen LogP contribution in [-0.2, 0) is 9.59 Å². The molecule has 0 aliphatic heterocycles. The predicted molar refractivity (Wildman–Crippen MR) is 66.2 cm³/mol. The van der Waals surface area contributed by atoms with Gasteiger partial charge in [0.2, 0.25) is 11.8 Å². The van der Waals surface area contributed by atoms with E-state index >= 15 is 0 Å². The van der Waals surface area contributed by atoms with Gasteiger partial charge in [-0.1, -0.05) is 30.3 Å². The molecule has 3 N–H and O–H groups in total. The highest BCUT2D eigenvalue weighted by Crippen LogP contribution is 2.16. The van der Waals surface area contributed by atoms with E-state index in [0.29, 0.717) is 5.56 Å². The summed E-state index contributed by atoms with van der Waals surface area (Å²) in [4.78, 5) is 23.1. The summed E-state index contributed by atoms with van der Waals surface area (Å²) in [6, 6.07) is 10.6. The highest BCUT2D eigenvalue weighted by molar-refractivity contribution is 5.93. The lowest BCUT2D eigenvalue weighted by atomic mass is 9.97. The first kappa shape index (κ1) is 13.7. The fraction of sp³-hybridized carbons (Fsp3) is 0.308. The number of nitrogens with zero attached hydrogens (tertiary/aromatic N) is 1. The van der Waals surface area contributed by atoms with Gasteiger partial charge in [0.25, 0.3) is 0 Å². The summed E-state index contributed by atoms with van der Waals surface area (Å²) in [7, 11) is 0. The Hall–Kier alpha value is -2.35. The molecule has 1 aromatic rings. The van der Waals surface area contributed by atoms with Crippen molar-refractivity contribution in [2.45, 2.75) is 25.3 Å². The van der Waals surface area contributed by atoms with E-state index in [1.807, 2.05) is 6.07 Å². The SMILES string of the molecule is CC(C)(NC(=O)C(C#N)c1ccccc1)C(N)=O. The van der Waals surface area contributed by atoms with Crippen LogP contribution in [0.1, 0.15) is 25.3 Å². The number of rotatable bonds is 4. The first-order valence-corrected chi connectivity index (χ1v) is 5.45. The van der Waals surface area contributed by atoms with Crippen LogP contribution in [0.3, 0.4) is 0 Å². The fourth-order valence-corrected chi connectivity index (χ4v) is 1.37. The first-order chi connectivity index (χ1) is 8.38. The quantitative estimate of drug-likeness (QED) is 0.816. The molecule has 0 heterocycles. The van der Waals surface area contributed by atoms with E-state index in [-0.39, 0.29) is 0 Å². The molecule has 5 heteroatoms. The van der Waals surface area contributed by atoms with E-state index in [0.717, 1.165) is 0 Å². The number of carbonyl (C=O) groups is 2. The lowest BCUT2D eigenvalue weighted by Crippen LogP contribution is -2.54. The molecule has 0 aromatic heterocycles. The minimum absolute atomic E-state index is 0.535. The molecule has 0 aliphatic rings. The normalized spacial score (nSPS) is 12.3. The molecule has 0 spiro atoms. The molecule has 1 atom stereocenters. The van der Waals surface area contributed by atoms with Gasteiger partial charge in [0.1, 0.15) is 11.5 Å². The number of nitrogens with two attached hydrogens (primary N) is 1. The molecular formula is C13H15N3O2. The smallest absolute Gasteiger partial charge is 0.242 e. The number of nitriles is 1. The Labute approximate surface area is 106 Å². The molecular weight excluding hydrogens is 230 g/mol. The maximum Gasteiger partial charge on any atom is 0.242 e. The van der Waals surface area contributed by atoms with Crippen LogP contribution in [0.4, 0.5) is 0 Å². The number of primary amides is 1. The summed E-state index contributed by atoms with van der Waals surface area (Å²) in [6.45, 7) is 2.99. The van der Waals surface area contributed by atoms with Crippen LogP contribution in [0.25, 0.3) is 0 Å². The number of nitrogens with one attached hydrogen (secondary N) is 1. The second-order valence-electron chi connectivity index (χ2n) is 4.45. The third-order valence-electron chi connectivity index (χ3n) is 2.58. The molecule has 0 bridgehead atoms. The topological polar surface area (TPSA) is 96.0 Å². The second-order valence-corrected chi connectivity index (χ2v) is 4.45. The minimum atomic E-state index is -1.18. The number of hydrogen-bond donors (Lipinski definition) is 2. The second kappa shape index (κ2) is 5.32. The monoisotopic (exact) mass is 245 g/mol. The number of hydrogen-bond acceptors (Lipinski definition) is 3. The standard InChI is InChI=1S/C13H15N3O2/c1-13(2,12(15)18)16-11(17)10(8-14)9-6-4-3-5-7-9/h3-7,10H,1-2H3,(H2,15,18)(H,16,17). The zero-order chi connectivity index (χ0) is 13.8. The lowest BCUT2D eigenvalue weighted by Gasteiger charge is -2.23. The van der Waals surface area contributed by atoms with Crippen LogP contribution in [0.5, 0.6) is 0 Å². The lowest BCUT2D eigenvalue weighted by molar-refractivity contribution is -0.130. The van der Waals surface area contributed by atoms with Crippen molar-refractivity contribution >= 4 is 11.8 Å². The van der Waals surface area contributed by atoms with E-state index in [2.05, 4.69) is 5.32 Å². The van der Waals surface area contributed by atoms with Crippen LogP contribution in [0.2, 0.25) is 0 Å². The van der Waals surface area contributed by atoms with Crippen molar-refractivity contribution in [3.63, 3.8) is 0 Å². The highest BCUT2D eigenvalue weighted by atomic mass is 16.2. The van der Waals surface area contributed by atoms with Gasteiger partial charge in [0.15, 0.2) is 0 Å². The third-order valence-corrected chi connectivity index (χ3v) is 2.58. The van der Waals surface area contributed by atoms with Crippen molar-refractivity contribution in [3.8, 4) is 6.07 Å². The van der Waals surface area contributed by atoms with Gasteiger partial charge < -0.3 is 11.1 Å². The Balaban J connectivity index is 2.90. The Kier molecular flexibility index (Phi) is 4.05. The van der Waals surface area contributed by atoms with Gasteiger partial charge in [-0.2, -0.15) is 5.26 Å². The van der Waals surface area contributed by atoms with Crippen LogP contribution < -0.4 is 11.1 Å². The van der Waals surface area contributed by atoms with Gasteiger partial charge in [0, 0.05) is 0 Å². The Morgan fingerprint density at radius 2 is 1.89 bits per heavy atom. The third kappa shape index (κ3) is 3.08. The van der Waals surface area contributed by atoms with Crippen molar-refractivity contribution in [3.05, 3.63) is 35.9 Å². The molecule has 94 valence electrons. The molecule has 5 nitrogen and oxygen atoms in total. The van der Waals surface area contributed by atoms with Gasteiger partial charge in [-0.25, -0.2) is 0 Å². The van der Waals surface area contributed by atoms with Gasteiger partial charge in [-0.3, -0.25) is 9.59 Å². The van der Waals surface area contributed by atoms with Crippen molar-refractivity contribution in [1.82, 2.24) is 5.32 Å². The summed E-state index contributed by atoms with van der Waals surface area (Å²) in [6.07, 6.45) is 0. The van der Waals surface area contributed by atoms with Gasteiger partial charge in [-0.15, -0.1) is 0 Å². The van der Waals surface area contributed by atoms with Crippen LogP contribution in [0, 0.1) is 11.3 Å². The maximum absolute atomic E-state index is 12.0. The molecule has 1 aromatic carbocycles. The summed E-state index contributed by atoms with van der Waals surface area (Å²) >= 11 is 0. The van der Waals surface area contributed by atoms with E-state index in [4.69, 9.17) is 11.0 Å². The van der Waals surface area contributed by atoms with E-state index in [9.17, 15) is 9.59 Å². The predicted octanol–water partition coefficient (Wildman–Crippen LogP) is 0.674. The Morgan fingerprint density at radius 3 is 2.33 bits per heavy atom. The van der Waals surface area contributed by atoms with Gasteiger partial charge in [0.05, 0.1) is 6.07 Å².